The van der Waals surface area contributed by atoms with Crippen LogP contribution in [-0.2, 0) is 15.9 Å². The molecule has 2 aromatic rings. The highest BCUT2D eigenvalue weighted by Gasteiger charge is 2.25. The minimum absolute atomic E-state index is 0.0292. The third-order valence-corrected chi connectivity index (χ3v) is 4.09. The Kier molecular flexibility index (Phi) is 5.09. The lowest BCUT2D eigenvalue weighted by Gasteiger charge is -2.29. The van der Waals surface area contributed by atoms with E-state index in [0.29, 0.717) is 0 Å². The van der Waals surface area contributed by atoms with Crippen LogP contribution in [0, 0.1) is 0 Å². The van der Waals surface area contributed by atoms with Crippen LogP contribution >= 0.6 is 0 Å². The monoisotopic (exact) mass is 298 g/mol. The zero-order valence-electron chi connectivity index (χ0n) is 12.9. The summed E-state index contributed by atoms with van der Waals surface area (Å²) in [6, 6.07) is 12.5. The van der Waals surface area contributed by atoms with Crippen molar-refractivity contribution in [2.75, 3.05) is 7.11 Å². The molecule has 0 amide bonds. The molecule has 2 unspecified atom stereocenters. The van der Waals surface area contributed by atoms with Gasteiger partial charge in [0.25, 0.3) is 0 Å². The van der Waals surface area contributed by atoms with Crippen LogP contribution < -0.4 is 0 Å². The number of hydrogen-bond donors (Lipinski definition) is 0. The van der Waals surface area contributed by atoms with Crippen LogP contribution in [0.25, 0.3) is 0 Å². The Balaban J connectivity index is 1.56. The van der Waals surface area contributed by atoms with Crippen molar-refractivity contribution in [3.63, 3.8) is 0 Å². The number of furan rings is 1. The molecule has 3 nitrogen and oxygen atoms in total. The summed E-state index contributed by atoms with van der Waals surface area (Å²) in [5.41, 5.74) is 3.70. The molecule has 0 bridgehead atoms. The average molecular weight is 298 g/mol. The van der Waals surface area contributed by atoms with Crippen molar-refractivity contribution in [1.29, 1.82) is 0 Å². The zero-order chi connectivity index (χ0) is 15.2. The number of ether oxygens (including phenoxy) is 2. The Hall–Kier alpha value is -1.84. The smallest absolute Gasteiger partial charge is 0.180 e. The Morgan fingerprint density at radius 2 is 2.00 bits per heavy atom. The molecule has 0 aliphatic carbocycles. The Morgan fingerprint density at radius 1 is 1.14 bits per heavy atom. The van der Waals surface area contributed by atoms with E-state index in [1.807, 2.05) is 6.07 Å². The van der Waals surface area contributed by atoms with Crippen molar-refractivity contribution >= 4 is 0 Å². The van der Waals surface area contributed by atoms with Gasteiger partial charge in [0, 0.05) is 12.7 Å². The second-order valence-corrected chi connectivity index (χ2v) is 5.60. The summed E-state index contributed by atoms with van der Waals surface area (Å²) < 4.78 is 16.7. The molecular formula is C19H22O3. The van der Waals surface area contributed by atoms with Crippen LogP contribution in [0.1, 0.15) is 36.5 Å². The minimum atomic E-state index is -0.246. The van der Waals surface area contributed by atoms with Crippen molar-refractivity contribution in [2.45, 2.75) is 38.1 Å². The summed E-state index contributed by atoms with van der Waals surface area (Å²) in [5, 5.41) is 0. The van der Waals surface area contributed by atoms with Crippen LogP contribution in [0.5, 0.6) is 0 Å². The standard InChI is InChI=1S/C19H22O3/c1-20-19-16(9-5-8-15-6-3-2-4-7-15)10-11-18(22-19)17-12-13-21-14-17/h2-4,6-7,10,12-14,18-19H,5,8-9,11H2,1H3. The quantitative estimate of drug-likeness (QED) is 0.727. The van der Waals surface area contributed by atoms with Crippen molar-refractivity contribution < 1.29 is 13.9 Å². The van der Waals surface area contributed by atoms with E-state index in [1.54, 1.807) is 19.6 Å². The molecule has 0 fully saturated rings. The van der Waals surface area contributed by atoms with Crippen molar-refractivity contribution in [3.8, 4) is 0 Å². The summed E-state index contributed by atoms with van der Waals surface area (Å²) in [6.45, 7) is 0. The van der Waals surface area contributed by atoms with Gasteiger partial charge < -0.3 is 13.9 Å². The number of benzene rings is 1. The first-order valence-electron chi connectivity index (χ1n) is 7.80. The fourth-order valence-corrected chi connectivity index (χ4v) is 2.89. The van der Waals surface area contributed by atoms with Gasteiger partial charge in [-0.15, -0.1) is 0 Å². The molecular weight excluding hydrogens is 276 g/mol. The highest BCUT2D eigenvalue weighted by Crippen LogP contribution is 2.33. The van der Waals surface area contributed by atoms with Gasteiger partial charge in [0.05, 0.1) is 18.6 Å². The van der Waals surface area contributed by atoms with Gasteiger partial charge in [-0.25, -0.2) is 0 Å². The Morgan fingerprint density at radius 3 is 2.73 bits per heavy atom. The van der Waals surface area contributed by atoms with Gasteiger partial charge in [0.1, 0.15) is 0 Å². The van der Waals surface area contributed by atoms with Crippen molar-refractivity contribution in [1.82, 2.24) is 0 Å². The summed E-state index contributed by atoms with van der Waals surface area (Å²) in [7, 11) is 1.70. The lowest BCUT2D eigenvalue weighted by molar-refractivity contribution is -0.142. The molecule has 2 atom stereocenters. The Bertz CT molecular complexity index is 586. The molecule has 2 heterocycles. The van der Waals surface area contributed by atoms with E-state index in [2.05, 4.69) is 36.4 Å². The van der Waals surface area contributed by atoms with Crippen molar-refractivity contribution in [2.24, 2.45) is 0 Å². The fourth-order valence-electron chi connectivity index (χ4n) is 2.89. The maximum absolute atomic E-state index is 6.04. The number of aryl methyl sites for hydroxylation is 1. The van der Waals surface area contributed by atoms with Gasteiger partial charge in [0.2, 0.25) is 0 Å². The van der Waals surface area contributed by atoms with E-state index in [1.165, 1.54) is 11.1 Å². The van der Waals surface area contributed by atoms with E-state index in [9.17, 15) is 0 Å². The zero-order valence-corrected chi connectivity index (χ0v) is 12.9. The van der Waals surface area contributed by atoms with Crippen LogP contribution in [0.3, 0.4) is 0 Å². The SMILES string of the molecule is COC1OC(c2ccoc2)CC=C1CCCc1ccccc1. The molecule has 22 heavy (non-hydrogen) atoms. The number of methoxy groups -OCH3 is 1. The molecule has 0 radical (unpaired) electrons. The predicted molar refractivity (Wildman–Crippen MR) is 85.4 cm³/mol. The number of rotatable bonds is 6. The second kappa shape index (κ2) is 7.43. The number of hydrogen-bond acceptors (Lipinski definition) is 3. The van der Waals surface area contributed by atoms with Crippen LogP contribution in [0.2, 0.25) is 0 Å². The summed E-state index contributed by atoms with van der Waals surface area (Å²) in [4.78, 5) is 0. The molecule has 3 heteroatoms. The van der Waals surface area contributed by atoms with E-state index in [0.717, 1.165) is 31.2 Å². The summed E-state index contributed by atoms with van der Waals surface area (Å²) in [5.74, 6) is 0. The molecule has 3 rings (SSSR count). The average Bonchev–Trinajstić information content (AvgIpc) is 3.10. The molecule has 116 valence electrons. The first kappa shape index (κ1) is 15.1. The summed E-state index contributed by atoms with van der Waals surface area (Å²) >= 11 is 0. The lowest BCUT2D eigenvalue weighted by Crippen LogP contribution is -2.25. The van der Waals surface area contributed by atoms with Gasteiger partial charge in [-0.2, -0.15) is 0 Å². The lowest BCUT2D eigenvalue weighted by atomic mass is 9.99. The van der Waals surface area contributed by atoms with Gasteiger partial charge >= 0.3 is 0 Å². The largest absolute Gasteiger partial charge is 0.472 e. The van der Waals surface area contributed by atoms with Gasteiger partial charge in [-0.3, -0.25) is 0 Å². The van der Waals surface area contributed by atoms with Crippen LogP contribution in [-0.4, -0.2) is 13.4 Å². The maximum Gasteiger partial charge on any atom is 0.180 e. The molecule has 0 saturated carbocycles. The van der Waals surface area contributed by atoms with Gasteiger partial charge in [0.15, 0.2) is 6.29 Å². The minimum Gasteiger partial charge on any atom is -0.472 e. The molecule has 1 aliphatic heterocycles. The highest BCUT2D eigenvalue weighted by atomic mass is 16.7. The third kappa shape index (κ3) is 3.67. The fraction of sp³-hybridized carbons (Fsp3) is 0.368. The van der Waals surface area contributed by atoms with E-state index < -0.39 is 0 Å². The van der Waals surface area contributed by atoms with E-state index in [4.69, 9.17) is 13.9 Å². The first-order valence-corrected chi connectivity index (χ1v) is 7.80. The molecule has 0 saturated heterocycles. The predicted octanol–water partition coefficient (Wildman–Crippen LogP) is 4.66. The first-order chi connectivity index (χ1) is 10.9. The topological polar surface area (TPSA) is 31.6 Å². The highest BCUT2D eigenvalue weighted by molar-refractivity contribution is 5.18. The van der Waals surface area contributed by atoms with E-state index in [-0.39, 0.29) is 12.4 Å². The molecule has 1 aliphatic rings. The molecule has 0 spiro atoms. The summed E-state index contributed by atoms with van der Waals surface area (Å²) in [6.07, 6.45) is 9.54. The normalized spacial score (nSPS) is 21.6. The van der Waals surface area contributed by atoms with Crippen LogP contribution in [0.15, 0.2) is 65.0 Å². The second-order valence-electron chi connectivity index (χ2n) is 5.60. The molecule has 1 aromatic carbocycles. The van der Waals surface area contributed by atoms with Gasteiger partial charge in [-0.1, -0.05) is 36.4 Å². The molecule has 1 aromatic heterocycles. The Labute approximate surface area is 131 Å². The van der Waals surface area contributed by atoms with Gasteiger partial charge in [-0.05, 0) is 42.9 Å². The van der Waals surface area contributed by atoms with Crippen molar-refractivity contribution in [3.05, 3.63) is 71.7 Å². The third-order valence-electron chi connectivity index (χ3n) is 4.09. The maximum atomic E-state index is 6.04. The van der Waals surface area contributed by atoms with E-state index >= 15 is 0 Å². The molecule has 0 N–H and O–H groups in total. The van der Waals surface area contributed by atoms with Crippen LogP contribution in [0.4, 0.5) is 0 Å².